The number of carbonyl (C=O) groups excluding carboxylic acids is 2. The van der Waals surface area contributed by atoms with E-state index in [9.17, 15) is 9.59 Å². The van der Waals surface area contributed by atoms with Gasteiger partial charge in [0, 0.05) is 0 Å². The van der Waals surface area contributed by atoms with Gasteiger partial charge in [0.2, 0.25) is 11.5 Å². The molecule has 0 fully saturated rings. The second-order valence-corrected chi connectivity index (χ2v) is 6.82. The van der Waals surface area contributed by atoms with Crippen molar-refractivity contribution < 1.29 is 19.1 Å². The molecular formula is C15H13NO4S2. The lowest BCUT2D eigenvalue weighted by Crippen LogP contribution is -2.14. The summed E-state index contributed by atoms with van der Waals surface area (Å²) in [6.07, 6.45) is 10.6. The van der Waals surface area contributed by atoms with Crippen LogP contribution in [0.25, 0.3) is 0 Å². The Bertz CT molecular complexity index is 658. The van der Waals surface area contributed by atoms with Crippen LogP contribution in [-0.4, -0.2) is 27.6 Å². The van der Waals surface area contributed by atoms with Crippen LogP contribution in [0.2, 0.25) is 0 Å². The maximum Gasteiger partial charge on any atom is 0.257 e. The van der Waals surface area contributed by atoms with Gasteiger partial charge in [-0.2, -0.15) is 4.99 Å². The van der Waals surface area contributed by atoms with Crippen LogP contribution in [0.15, 0.2) is 52.8 Å². The average Bonchev–Trinajstić information content (AvgIpc) is 2.99. The molecule has 0 saturated heterocycles. The molecule has 0 N–H and O–H groups in total. The Morgan fingerprint density at radius 2 is 2.32 bits per heavy atom. The van der Waals surface area contributed by atoms with Crippen molar-refractivity contribution in [3.8, 4) is 0 Å². The second-order valence-electron chi connectivity index (χ2n) is 4.63. The Labute approximate surface area is 136 Å². The highest BCUT2D eigenvalue weighted by Gasteiger charge is 2.22. The van der Waals surface area contributed by atoms with Crippen molar-refractivity contribution in [1.82, 2.24) is 0 Å². The quantitative estimate of drug-likeness (QED) is 0.787. The third kappa shape index (κ3) is 3.72. The number of allylic oxidation sites excluding steroid dienone is 5. The fourth-order valence-electron chi connectivity index (χ4n) is 1.96. The molecule has 2 heterocycles. The molecule has 0 aromatic carbocycles. The topological polar surface area (TPSA) is 65.0 Å². The molecule has 0 unspecified atom stereocenters. The highest BCUT2D eigenvalue weighted by molar-refractivity contribution is 8.39. The predicted octanol–water partition coefficient (Wildman–Crippen LogP) is 2.92. The summed E-state index contributed by atoms with van der Waals surface area (Å²) in [5.74, 6) is 0.927. The fraction of sp³-hybridized carbons (Fsp3) is 0.267. The first-order valence-electron chi connectivity index (χ1n) is 6.72. The van der Waals surface area contributed by atoms with Crippen LogP contribution in [0, 0.1) is 0 Å². The van der Waals surface area contributed by atoms with Gasteiger partial charge in [-0.15, -0.1) is 0 Å². The van der Waals surface area contributed by atoms with Gasteiger partial charge in [-0.3, -0.25) is 9.59 Å². The van der Waals surface area contributed by atoms with Crippen molar-refractivity contribution in [2.75, 3.05) is 11.5 Å². The summed E-state index contributed by atoms with van der Waals surface area (Å²) < 4.78 is 11.5. The average molecular weight is 335 g/mol. The van der Waals surface area contributed by atoms with Crippen molar-refractivity contribution in [1.29, 1.82) is 0 Å². The molecular weight excluding hydrogens is 322 g/mol. The van der Waals surface area contributed by atoms with Gasteiger partial charge in [-0.25, -0.2) is 0 Å². The number of ketones is 1. The number of ether oxygens (including phenoxy) is 2. The first-order chi connectivity index (χ1) is 10.7. The van der Waals surface area contributed by atoms with E-state index in [1.54, 1.807) is 0 Å². The van der Waals surface area contributed by atoms with E-state index in [4.69, 9.17) is 9.47 Å². The fourth-order valence-corrected chi connectivity index (χ4v) is 3.69. The maximum atomic E-state index is 12.2. The predicted molar refractivity (Wildman–Crippen MR) is 87.2 cm³/mol. The Hall–Kier alpha value is -1.73. The van der Waals surface area contributed by atoms with Crippen LogP contribution >= 0.6 is 23.5 Å². The Morgan fingerprint density at radius 1 is 1.41 bits per heavy atom. The number of aliphatic imine (C=N–C) groups is 1. The molecule has 5 nitrogen and oxygen atoms in total. The Balaban J connectivity index is 1.56. The summed E-state index contributed by atoms with van der Waals surface area (Å²) in [7, 11) is 0. The van der Waals surface area contributed by atoms with Gasteiger partial charge in [0.1, 0.15) is 16.9 Å². The van der Waals surface area contributed by atoms with Crippen LogP contribution in [0.3, 0.4) is 0 Å². The number of thioether (sulfide) groups is 2. The summed E-state index contributed by atoms with van der Waals surface area (Å²) in [5.41, 5.74) is 1.01. The molecule has 1 amide bonds. The standard InChI is InChI=1S/C15H13NO4S2/c17-11(8-21-15-16-14(18)9-22-15)13-7-19-6-12(20-13)10-4-2-1-3-5-10/h1-2,4,6-7H,3,5,8-9H2. The van der Waals surface area contributed by atoms with Gasteiger partial charge in [-0.1, -0.05) is 41.8 Å². The molecule has 22 heavy (non-hydrogen) atoms. The number of rotatable bonds is 4. The molecule has 0 aromatic rings. The van der Waals surface area contributed by atoms with E-state index in [0.717, 1.165) is 18.4 Å². The zero-order valence-electron chi connectivity index (χ0n) is 11.6. The van der Waals surface area contributed by atoms with Crippen molar-refractivity contribution in [3.63, 3.8) is 0 Å². The zero-order chi connectivity index (χ0) is 15.4. The van der Waals surface area contributed by atoms with Crippen molar-refractivity contribution in [2.24, 2.45) is 4.99 Å². The monoisotopic (exact) mass is 335 g/mol. The van der Waals surface area contributed by atoms with E-state index in [1.165, 1.54) is 36.0 Å². The van der Waals surface area contributed by atoms with Gasteiger partial charge in [-0.05, 0) is 18.4 Å². The van der Waals surface area contributed by atoms with Crippen molar-refractivity contribution in [2.45, 2.75) is 12.8 Å². The van der Waals surface area contributed by atoms with Gasteiger partial charge in [0.05, 0.1) is 11.5 Å². The molecule has 0 saturated carbocycles. The van der Waals surface area contributed by atoms with Gasteiger partial charge in [0.25, 0.3) is 5.91 Å². The molecule has 3 rings (SSSR count). The third-order valence-electron chi connectivity index (χ3n) is 3.04. The van der Waals surface area contributed by atoms with Gasteiger partial charge >= 0.3 is 0 Å². The van der Waals surface area contributed by atoms with Crippen LogP contribution < -0.4 is 0 Å². The van der Waals surface area contributed by atoms with E-state index in [1.807, 2.05) is 12.2 Å². The lowest BCUT2D eigenvalue weighted by atomic mass is 10.0. The summed E-state index contributed by atoms with van der Waals surface area (Å²) in [6, 6.07) is 0. The van der Waals surface area contributed by atoms with Gasteiger partial charge in [0.15, 0.2) is 5.76 Å². The maximum absolute atomic E-state index is 12.2. The Morgan fingerprint density at radius 3 is 3.05 bits per heavy atom. The number of Topliss-reactive ketones (excluding diaryl/α,β-unsaturated/α-hetero) is 1. The summed E-state index contributed by atoms with van der Waals surface area (Å²) in [5, 5.41) is 0. The zero-order valence-corrected chi connectivity index (χ0v) is 13.2. The van der Waals surface area contributed by atoms with Crippen LogP contribution in [0.4, 0.5) is 0 Å². The minimum Gasteiger partial charge on any atom is -0.465 e. The van der Waals surface area contributed by atoms with E-state index in [2.05, 4.69) is 11.1 Å². The van der Waals surface area contributed by atoms with Crippen molar-refractivity contribution >= 4 is 39.6 Å². The number of hydrogen-bond donors (Lipinski definition) is 0. The summed E-state index contributed by atoms with van der Waals surface area (Å²) in [4.78, 5) is 27.0. The van der Waals surface area contributed by atoms with Crippen LogP contribution in [-0.2, 0) is 19.1 Å². The molecule has 0 radical (unpaired) electrons. The summed E-state index contributed by atoms with van der Waals surface area (Å²) >= 11 is 2.60. The lowest BCUT2D eigenvalue weighted by molar-refractivity contribution is -0.116. The normalized spacial score (nSPS) is 20.5. The lowest BCUT2D eigenvalue weighted by Gasteiger charge is -2.18. The molecule has 3 aliphatic rings. The molecule has 0 aromatic heterocycles. The smallest absolute Gasteiger partial charge is 0.257 e. The second kappa shape index (κ2) is 7.02. The van der Waals surface area contributed by atoms with Gasteiger partial charge < -0.3 is 9.47 Å². The highest BCUT2D eigenvalue weighted by atomic mass is 32.2. The molecule has 7 heteroatoms. The highest BCUT2D eigenvalue weighted by Crippen LogP contribution is 2.28. The Kier molecular flexibility index (Phi) is 4.84. The summed E-state index contributed by atoms with van der Waals surface area (Å²) in [6.45, 7) is 0. The first kappa shape index (κ1) is 15.2. The van der Waals surface area contributed by atoms with E-state index >= 15 is 0 Å². The minimum absolute atomic E-state index is 0.154. The van der Waals surface area contributed by atoms with Crippen LogP contribution in [0.1, 0.15) is 12.8 Å². The molecule has 114 valence electrons. The van der Waals surface area contributed by atoms with Crippen LogP contribution in [0.5, 0.6) is 0 Å². The molecule has 0 bridgehead atoms. The SMILES string of the molecule is O=C1CSC(SCC(=O)C2=COC=C(C3=CC=CCC3)O2)=N1. The molecule has 0 atom stereocenters. The molecule has 2 aliphatic heterocycles. The number of nitrogens with zero attached hydrogens (tertiary/aromatic N) is 1. The van der Waals surface area contributed by atoms with E-state index in [-0.39, 0.29) is 23.2 Å². The largest absolute Gasteiger partial charge is 0.465 e. The molecule has 0 spiro atoms. The van der Waals surface area contributed by atoms with E-state index < -0.39 is 0 Å². The minimum atomic E-state index is -0.190. The molecule has 1 aliphatic carbocycles. The van der Waals surface area contributed by atoms with E-state index in [0.29, 0.717) is 15.9 Å². The third-order valence-corrected chi connectivity index (χ3v) is 5.22. The number of carbonyl (C=O) groups is 2. The first-order valence-corrected chi connectivity index (χ1v) is 8.69. The number of amides is 1. The number of hydrogen-bond acceptors (Lipinski definition) is 6. The van der Waals surface area contributed by atoms with Crippen molar-refractivity contribution in [3.05, 3.63) is 47.8 Å².